The van der Waals surface area contributed by atoms with E-state index in [4.69, 9.17) is 14.2 Å². The molecule has 0 aliphatic carbocycles. The molecule has 33 heavy (non-hydrogen) atoms. The lowest BCUT2D eigenvalue weighted by molar-refractivity contribution is 0.348. The summed E-state index contributed by atoms with van der Waals surface area (Å²) in [6.45, 7) is 1.92. The molecule has 0 radical (unpaired) electrons. The van der Waals surface area contributed by atoms with Crippen molar-refractivity contribution in [1.82, 2.24) is 4.41 Å². The minimum Gasteiger partial charge on any atom is -0.497 e. The summed E-state index contributed by atoms with van der Waals surface area (Å²) in [6, 6.07) is 19.1. The standard InChI is InChI=1S/C25H26N2O5S/c1-17-5-12-21(13-6-17)33(28,29)27-23(19-9-14-24(31-3)25(15-19)32-4)16-22(26-27)18-7-10-20(30-2)11-8-18/h5-15,23H,16H2,1-4H3/t23-/m0/s1. The van der Waals surface area contributed by atoms with E-state index >= 15 is 0 Å². The summed E-state index contributed by atoms with van der Waals surface area (Å²) in [5.41, 5.74) is 3.25. The lowest BCUT2D eigenvalue weighted by atomic mass is 9.99. The van der Waals surface area contributed by atoms with Crippen LogP contribution in [0.3, 0.4) is 0 Å². The van der Waals surface area contributed by atoms with E-state index in [1.54, 1.807) is 57.7 Å². The molecule has 0 fully saturated rings. The fourth-order valence-corrected chi connectivity index (χ4v) is 5.23. The first-order valence-corrected chi connectivity index (χ1v) is 11.9. The molecule has 3 aromatic carbocycles. The van der Waals surface area contributed by atoms with Gasteiger partial charge in [0.2, 0.25) is 0 Å². The quantitative estimate of drug-likeness (QED) is 0.510. The molecular formula is C25H26N2O5S. The number of benzene rings is 3. The third-order valence-corrected chi connectivity index (χ3v) is 7.35. The van der Waals surface area contributed by atoms with Crippen LogP contribution in [0.1, 0.15) is 29.2 Å². The molecule has 4 rings (SSSR count). The van der Waals surface area contributed by atoms with Gasteiger partial charge in [0.15, 0.2) is 11.5 Å². The van der Waals surface area contributed by atoms with Crippen molar-refractivity contribution in [3.8, 4) is 17.2 Å². The van der Waals surface area contributed by atoms with Gasteiger partial charge in [-0.25, -0.2) is 0 Å². The molecule has 0 saturated carbocycles. The number of nitrogens with zero attached hydrogens (tertiary/aromatic N) is 2. The Morgan fingerprint density at radius 2 is 1.52 bits per heavy atom. The minimum absolute atomic E-state index is 0.193. The van der Waals surface area contributed by atoms with Crippen LogP contribution in [-0.2, 0) is 10.0 Å². The summed E-state index contributed by atoms with van der Waals surface area (Å²) in [5.74, 6) is 1.82. The summed E-state index contributed by atoms with van der Waals surface area (Å²) in [5, 5.41) is 4.59. The SMILES string of the molecule is COc1ccc(C2=NN(S(=O)(=O)c3ccc(C)cc3)[C@H](c3ccc(OC)c(OC)c3)C2)cc1. The van der Waals surface area contributed by atoms with Gasteiger partial charge in [0, 0.05) is 6.42 Å². The normalized spacial score (nSPS) is 15.8. The second-order valence-corrected chi connectivity index (χ2v) is 9.50. The summed E-state index contributed by atoms with van der Waals surface area (Å²) < 4.78 is 44.5. The molecule has 8 heteroatoms. The van der Waals surface area contributed by atoms with Gasteiger partial charge in [-0.1, -0.05) is 23.8 Å². The third kappa shape index (κ3) is 4.39. The summed E-state index contributed by atoms with van der Waals surface area (Å²) in [7, 11) is 0.823. The molecule has 1 heterocycles. The number of hydrogen-bond donors (Lipinski definition) is 0. The molecule has 0 N–H and O–H groups in total. The van der Waals surface area contributed by atoms with Crippen molar-refractivity contribution in [2.75, 3.05) is 21.3 Å². The van der Waals surface area contributed by atoms with E-state index in [0.29, 0.717) is 23.6 Å². The molecule has 0 spiro atoms. The van der Waals surface area contributed by atoms with Crippen molar-refractivity contribution >= 4 is 15.7 Å². The van der Waals surface area contributed by atoms with Crippen molar-refractivity contribution < 1.29 is 22.6 Å². The number of methoxy groups -OCH3 is 3. The molecule has 1 aliphatic rings. The maximum atomic E-state index is 13.6. The molecule has 1 atom stereocenters. The lowest BCUT2D eigenvalue weighted by Crippen LogP contribution is -2.27. The van der Waals surface area contributed by atoms with Crippen LogP contribution in [0.2, 0.25) is 0 Å². The molecule has 0 aromatic heterocycles. The monoisotopic (exact) mass is 466 g/mol. The average Bonchev–Trinajstić information content (AvgIpc) is 3.30. The molecule has 0 saturated heterocycles. The zero-order chi connectivity index (χ0) is 23.6. The maximum Gasteiger partial charge on any atom is 0.279 e. The largest absolute Gasteiger partial charge is 0.497 e. The van der Waals surface area contributed by atoms with Gasteiger partial charge in [-0.05, 0) is 66.6 Å². The van der Waals surface area contributed by atoms with Gasteiger partial charge in [0.25, 0.3) is 10.0 Å². The highest BCUT2D eigenvalue weighted by Gasteiger charge is 2.38. The highest BCUT2D eigenvalue weighted by molar-refractivity contribution is 7.89. The van der Waals surface area contributed by atoms with Crippen molar-refractivity contribution in [1.29, 1.82) is 0 Å². The first-order valence-electron chi connectivity index (χ1n) is 10.4. The van der Waals surface area contributed by atoms with Gasteiger partial charge >= 0.3 is 0 Å². The fraction of sp³-hybridized carbons (Fsp3) is 0.240. The van der Waals surface area contributed by atoms with Crippen LogP contribution in [0.15, 0.2) is 76.7 Å². The van der Waals surface area contributed by atoms with E-state index in [9.17, 15) is 8.42 Å². The van der Waals surface area contributed by atoms with E-state index in [0.717, 1.165) is 22.4 Å². The molecule has 7 nitrogen and oxygen atoms in total. The predicted octanol–water partition coefficient (Wildman–Crippen LogP) is 4.56. The van der Waals surface area contributed by atoms with Crippen LogP contribution in [0, 0.1) is 6.92 Å². The summed E-state index contributed by atoms with van der Waals surface area (Å²) in [6.07, 6.45) is 0.410. The number of ether oxygens (including phenoxy) is 3. The molecule has 0 amide bonds. The van der Waals surface area contributed by atoms with E-state index in [2.05, 4.69) is 5.10 Å². The fourth-order valence-electron chi connectivity index (χ4n) is 3.79. The Balaban J connectivity index is 1.80. The van der Waals surface area contributed by atoms with Gasteiger partial charge in [-0.3, -0.25) is 0 Å². The van der Waals surface area contributed by atoms with Crippen molar-refractivity contribution in [2.45, 2.75) is 24.3 Å². The Kier molecular flexibility index (Phi) is 6.29. The predicted molar refractivity (Wildman–Crippen MR) is 127 cm³/mol. The first-order chi connectivity index (χ1) is 15.9. The Hall–Kier alpha value is -3.52. The highest BCUT2D eigenvalue weighted by atomic mass is 32.2. The molecule has 1 aliphatic heterocycles. The molecule has 0 bridgehead atoms. The van der Waals surface area contributed by atoms with Crippen molar-refractivity contribution in [3.63, 3.8) is 0 Å². The van der Waals surface area contributed by atoms with Gasteiger partial charge < -0.3 is 14.2 Å². The number of hydrazone groups is 1. The van der Waals surface area contributed by atoms with Gasteiger partial charge in [0.1, 0.15) is 5.75 Å². The lowest BCUT2D eigenvalue weighted by Gasteiger charge is -2.24. The number of hydrogen-bond acceptors (Lipinski definition) is 6. The molecular weight excluding hydrogens is 440 g/mol. The van der Waals surface area contributed by atoms with Gasteiger partial charge in [0.05, 0.1) is 38.0 Å². The number of sulfonamides is 1. The zero-order valence-corrected chi connectivity index (χ0v) is 19.8. The topological polar surface area (TPSA) is 77.4 Å². The van der Waals surface area contributed by atoms with E-state index in [1.165, 1.54) is 4.41 Å². The second kappa shape index (κ2) is 9.15. The molecule has 172 valence electrons. The summed E-state index contributed by atoms with van der Waals surface area (Å²) >= 11 is 0. The maximum absolute atomic E-state index is 13.6. The summed E-state index contributed by atoms with van der Waals surface area (Å²) in [4.78, 5) is 0.193. The third-order valence-electron chi connectivity index (χ3n) is 5.65. The van der Waals surface area contributed by atoms with E-state index < -0.39 is 16.1 Å². The van der Waals surface area contributed by atoms with Crippen molar-refractivity contribution in [3.05, 3.63) is 83.4 Å². The van der Waals surface area contributed by atoms with Crippen LogP contribution >= 0.6 is 0 Å². The Morgan fingerprint density at radius 3 is 2.12 bits per heavy atom. The smallest absolute Gasteiger partial charge is 0.279 e. The van der Waals surface area contributed by atoms with Crippen LogP contribution in [0.5, 0.6) is 17.2 Å². The average molecular weight is 467 g/mol. The molecule has 0 unspecified atom stereocenters. The Labute approximate surface area is 194 Å². The van der Waals surface area contributed by atoms with Crippen LogP contribution in [-0.4, -0.2) is 39.9 Å². The minimum atomic E-state index is -3.89. The van der Waals surface area contributed by atoms with Crippen LogP contribution < -0.4 is 14.2 Å². The Morgan fingerprint density at radius 1 is 0.848 bits per heavy atom. The van der Waals surface area contributed by atoms with E-state index in [1.807, 2.05) is 37.3 Å². The van der Waals surface area contributed by atoms with Gasteiger partial charge in [-0.15, -0.1) is 0 Å². The Bertz CT molecular complexity index is 1270. The zero-order valence-electron chi connectivity index (χ0n) is 19.0. The number of aryl methyl sites for hydroxylation is 1. The first kappa shape index (κ1) is 22.7. The number of rotatable bonds is 7. The van der Waals surface area contributed by atoms with Crippen LogP contribution in [0.4, 0.5) is 0 Å². The second-order valence-electron chi connectivity index (χ2n) is 7.70. The highest BCUT2D eigenvalue weighted by Crippen LogP contribution is 2.40. The van der Waals surface area contributed by atoms with Gasteiger partial charge in [-0.2, -0.15) is 17.9 Å². The van der Waals surface area contributed by atoms with E-state index in [-0.39, 0.29) is 4.90 Å². The van der Waals surface area contributed by atoms with Crippen molar-refractivity contribution in [2.24, 2.45) is 5.10 Å². The van der Waals surface area contributed by atoms with Crippen LogP contribution in [0.25, 0.3) is 0 Å². The molecule has 3 aromatic rings.